The second-order valence-corrected chi connectivity index (χ2v) is 4.76. The van der Waals surface area contributed by atoms with E-state index in [1.807, 2.05) is 6.07 Å². The maximum absolute atomic E-state index is 9.32. The number of hydrogen-bond donors (Lipinski definition) is 2. The number of hydrogen-bond acceptors (Lipinski definition) is 2. The molecule has 0 radical (unpaired) electrons. The first kappa shape index (κ1) is 10.8. The highest BCUT2D eigenvalue weighted by Gasteiger charge is 2.35. The van der Waals surface area contributed by atoms with Crippen LogP contribution in [-0.4, -0.2) is 11.7 Å². The van der Waals surface area contributed by atoms with Crippen LogP contribution < -0.4 is 5.73 Å². The SMILES string of the molecule is NCC1(c2ccc(O)cc2Cl)CCCC1. The fourth-order valence-corrected chi connectivity index (χ4v) is 2.94. The Kier molecular flexibility index (Phi) is 2.89. The molecule has 0 aliphatic heterocycles. The van der Waals surface area contributed by atoms with Crippen molar-refractivity contribution in [2.45, 2.75) is 31.1 Å². The fraction of sp³-hybridized carbons (Fsp3) is 0.500. The first-order valence-electron chi connectivity index (χ1n) is 5.37. The fourth-order valence-electron chi connectivity index (χ4n) is 2.57. The van der Waals surface area contributed by atoms with Gasteiger partial charge < -0.3 is 10.8 Å². The van der Waals surface area contributed by atoms with Crippen molar-refractivity contribution in [3.63, 3.8) is 0 Å². The summed E-state index contributed by atoms with van der Waals surface area (Å²) in [6, 6.07) is 5.21. The van der Waals surface area contributed by atoms with E-state index in [2.05, 4.69) is 0 Å². The predicted octanol–water partition coefficient (Wildman–Crippen LogP) is 2.82. The lowest BCUT2D eigenvalue weighted by Crippen LogP contribution is -2.32. The molecule has 1 aromatic rings. The molecule has 0 amide bonds. The molecule has 2 rings (SSSR count). The minimum atomic E-state index is 0.0464. The Bertz CT molecular complexity index is 359. The summed E-state index contributed by atoms with van der Waals surface area (Å²) in [4.78, 5) is 0. The average molecular weight is 226 g/mol. The zero-order chi connectivity index (χ0) is 10.9. The minimum absolute atomic E-state index is 0.0464. The summed E-state index contributed by atoms with van der Waals surface area (Å²) in [5, 5.41) is 9.96. The molecule has 0 aromatic heterocycles. The smallest absolute Gasteiger partial charge is 0.117 e. The molecular formula is C12H16ClNO. The van der Waals surface area contributed by atoms with Crippen LogP contribution in [0.4, 0.5) is 0 Å². The van der Waals surface area contributed by atoms with Gasteiger partial charge in [-0.15, -0.1) is 0 Å². The monoisotopic (exact) mass is 225 g/mol. The highest BCUT2D eigenvalue weighted by Crippen LogP contribution is 2.43. The molecular weight excluding hydrogens is 210 g/mol. The lowest BCUT2D eigenvalue weighted by atomic mass is 9.79. The van der Waals surface area contributed by atoms with Crippen molar-refractivity contribution in [3.8, 4) is 5.75 Å². The van der Waals surface area contributed by atoms with Crippen LogP contribution in [-0.2, 0) is 5.41 Å². The standard InChI is InChI=1S/C12H16ClNO/c13-11-7-9(15)3-4-10(11)12(8-14)5-1-2-6-12/h3-4,7,15H,1-2,5-6,8,14H2. The van der Waals surface area contributed by atoms with Crippen LogP contribution in [0.2, 0.25) is 5.02 Å². The van der Waals surface area contributed by atoms with E-state index in [0.29, 0.717) is 11.6 Å². The van der Waals surface area contributed by atoms with Gasteiger partial charge in [0.1, 0.15) is 5.75 Å². The number of halogens is 1. The van der Waals surface area contributed by atoms with Gasteiger partial charge in [0.2, 0.25) is 0 Å². The maximum Gasteiger partial charge on any atom is 0.117 e. The summed E-state index contributed by atoms with van der Waals surface area (Å²) in [5.74, 6) is 0.217. The number of rotatable bonds is 2. The third-order valence-electron chi connectivity index (χ3n) is 3.48. The molecule has 3 heteroatoms. The van der Waals surface area contributed by atoms with Gasteiger partial charge >= 0.3 is 0 Å². The molecule has 1 aliphatic rings. The molecule has 0 atom stereocenters. The number of benzene rings is 1. The van der Waals surface area contributed by atoms with Gasteiger partial charge in [-0.05, 0) is 30.5 Å². The Morgan fingerprint density at radius 2 is 2.00 bits per heavy atom. The van der Waals surface area contributed by atoms with Crippen LogP contribution in [0.25, 0.3) is 0 Å². The summed E-state index contributed by atoms with van der Waals surface area (Å²) < 4.78 is 0. The molecule has 0 saturated heterocycles. The van der Waals surface area contributed by atoms with Crippen molar-refractivity contribution < 1.29 is 5.11 Å². The van der Waals surface area contributed by atoms with Crippen LogP contribution in [0.15, 0.2) is 18.2 Å². The van der Waals surface area contributed by atoms with Crippen LogP contribution in [0.5, 0.6) is 5.75 Å². The summed E-state index contributed by atoms with van der Waals surface area (Å²) in [6.45, 7) is 0.636. The highest BCUT2D eigenvalue weighted by atomic mass is 35.5. The average Bonchev–Trinajstić information content (AvgIpc) is 2.67. The van der Waals surface area contributed by atoms with E-state index in [1.54, 1.807) is 12.1 Å². The van der Waals surface area contributed by atoms with Crippen LogP contribution in [0.1, 0.15) is 31.2 Å². The van der Waals surface area contributed by atoms with Gasteiger partial charge in [-0.2, -0.15) is 0 Å². The molecule has 0 bridgehead atoms. The van der Waals surface area contributed by atoms with Crippen LogP contribution in [0.3, 0.4) is 0 Å². The summed E-state index contributed by atoms with van der Waals surface area (Å²) in [7, 11) is 0. The highest BCUT2D eigenvalue weighted by molar-refractivity contribution is 6.31. The van der Waals surface area contributed by atoms with Gasteiger partial charge in [-0.25, -0.2) is 0 Å². The molecule has 2 nitrogen and oxygen atoms in total. The van der Waals surface area contributed by atoms with Crippen molar-refractivity contribution in [1.29, 1.82) is 0 Å². The van der Waals surface area contributed by atoms with Crippen LogP contribution in [0, 0.1) is 0 Å². The van der Waals surface area contributed by atoms with Crippen molar-refractivity contribution >= 4 is 11.6 Å². The van der Waals surface area contributed by atoms with Gasteiger partial charge in [0, 0.05) is 17.0 Å². The first-order valence-corrected chi connectivity index (χ1v) is 5.75. The molecule has 3 N–H and O–H groups in total. The zero-order valence-corrected chi connectivity index (χ0v) is 9.43. The van der Waals surface area contributed by atoms with E-state index in [1.165, 1.54) is 12.8 Å². The number of phenols is 1. The van der Waals surface area contributed by atoms with Crippen molar-refractivity contribution in [2.75, 3.05) is 6.54 Å². The van der Waals surface area contributed by atoms with E-state index in [9.17, 15) is 5.11 Å². The predicted molar refractivity (Wildman–Crippen MR) is 62.3 cm³/mol. The molecule has 1 aliphatic carbocycles. The zero-order valence-electron chi connectivity index (χ0n) is 8.67. The Hall–Kier alpha value is -0.730. The van der Waals surface area contributed by atoms with E-state index >= 15 is 0 Å². The number of phenolic OH excluding ortho intramolecular Hbond substituents is 1. The van der Waals surface area contributed by atoms with Crippen LogP contribution >= 0.6 is 11.6 Å². The summed E-state index contributed by atoms with van der Waals surface area (Å²) >= 11 is 6.16. The Balaban J connectivity index is 2.42. The van der Waals surface area contributed by atoms with Crippen molar-refractivity contribution in [2.24, 2.45) is 5.73 Å². The van der Waals surface area contributed by atoms with Gasteiger partial charge in [0.05, 0.1) is 0 Å². The molecule has 0 unspecified atom stereocenters. The second kappa shape index (κ2) is 4.03. The van der Waals surface area contributed by atoms with E-state index < -0.39 is 0 Å². The lowest BCUT2D eigenvalue weighted by molar-refractivity contribution is 0.448. The second-order valence-electron chi connectivity index (χ2n) is 4.36. The normalized spacial score (nSPS) is 19.3. The molecule has 82 valence electrons. The van der Waals surface area contributed by atoms with Gasteiger partial charge in [0.15, 0.2) is 0 Å². The molecule has 15 heavy (non-hydrogen) atoms. The minimum Gasteiger partial charge on any atom is -0.508 e. The summed E-state index contributed by atoms with van der Waals surface area (Å²) in [5.41, 5.74) is 7.03. The van der Waals surface area contributed by atoms with Gasteiger partial charge in [-0.1, -0.05) is 30.5 Å². The molecule has 1 aromatic carbocycles. The van der Waals surface area contributed by atoms with Crippen molar-refractivity contribution in [1.82, 2.24) is 0 Å². The first-order chi connectivity index (χ1) is 7.18. The third-order valence-corrected chi connectivity index (χ3v) is 3.79. The number of nitrogens with two attached hydrogens (primary N) is 1. The molecule has 0 heterocycles. The van der Waals surface area contributed by atoms with Gasteiger partial charge in [0.25, 0.3) is 0 Å². The third kappa shape index (κ3) is 1.84. The molecule has 1 fully saturated rings. The Labute approximate surface area is 95.1 Å². The largest absolute Gasteiger partial charge is 0.508 e. The summed E-state index contributed by atoms with van der Waals surface area (Å²) in [6.07, 6.45) is 4.64. The van der Waals surface area contributed by atoms with E-state index in [4.69, 9.17) is 17.3 Å². The maximum atomic E-state index is 9.32. The Morgan fingerprint density at radius 1 is 1.33 bits per heavy atom. The topological polar surface area (TPSA) is 46.2 Å². The van der Waals surface area contributed by atoms with E-state index in [0.717, 1.165) is 18.4 Å². The quantitative estimate of drug-likeness (QED) is 0.813. The number of aromatic hydroxyl groups is 1. The Morgan fingerprint density at radius 3 is 2.53 bits per heavy atom. The lowest BCUT2D eigenvalue weighted by Gasteiger charge is -2.28. The molecule has 1 saturated carbocycles. The van der Waals surface area contributed by atoms with E-state index in [-0.39, 0.29) is 11.2 Å². The van der Waals surface area contributed by atoms with Gasteiger partial charge in [-0.3, -0.25) is 0 Å². The molecule has 0 spiro atoms. The van der Waals surface area contributed by atoms with Crippen molar-refractivity contribution in [3.05, 3.63) is 28.8 Å².